The minimum atomic E-state index is -3.12. The molecule has 0 aromatic carbocycles. The zero-order valence-corrected chi connectivity index (χ0v) is 12.7. The second-order valence-electron chi connectivity index (χ2n) is 5.73. The van der Waals surface area contributed by atoms with Gasteiger partial charge in [-0.15, -0.1) is 0 Å². The van der Waals surface area contributed by atoms with Crippen molar-refractivity contribution in [2.45, 2.75) is 50.3 Å². The molecule has 2 fully saturated rings. The van der Waals surface area contributed by atoms with Crippen LogP contribution in [0.4, 0.5) is 0 Å². The van der Waals surface area contributed by atoms with Crippen molar-refractivity contribution >= 4 is 10.0 Å². The highest BCUT2D eigenvalue weighted by atomic mass is 32.2. The van der Waals surface area contributed by atoms with E-state index in [4.69, 9.17) is 0 Å². The predicted octanol–water partition coefficient (Wildman–Crippen LogP) is 0.532. The van der Waals surface area contributed by atoms with Gasteiger partial charge >= 0.3 is 0 Å². The van der Waals surface area contributed by atoms with E-state index in [1.54, 1.807) is 0 Å². The second-order valence-corrected chi connectivity index (χ2v) is 7.72. The molecule has 0 amide bonds. The summed E-state index contributed by atoms with van der Waals surface area (Å²) >= 11 is 0. The topological polar surface area (TPSA) is 61.4 Å². The fourth-order valence-electron chi connectivity index (χ4n) is 3.02. The van der Waals surface area contributed by atoms with Gasteiger partial charge in [0.15, 0.2) is 0 Å². The van der Waals surface area contributed by atoms with Gasteiger partial charge in [-0.05, 0) is 64.8 Å². The fourth-order valence-corrected chi connectivity index (χ4v) is 4.77. The van der Waals surface area contributed by atoms with E-state index in [0.717, 1.165) is 58.4 Å². The van der Waals surface area contributed by atoms with Crippen molar-refractivity contribution in [1.29, 1.82) is 0 Å². The van der Waals surface area contributed by atoms with Crippen LogP contribution in [0.1, 0.15) is 39.0 Å². The summed E-state index contributed by atoms with van der Waals surface area (Å²) < 4.78 is 27.6. The summed E-state index contributed by atoms with van der Waals surface area (Å²) in [6.07, 6.45) is 4.55. The molecule has 0 unspecified atom stereocenters. The van der Waals surface area contributed by atoms with Gasteiger partial charge in [0.2, 0.25) is 10.0 Å². The number of hydrogen-bond donors (Lipinski definition) is 2. The number of piperidine rings is 2. The number of likely N-dealkylation sites (tertiary alicyclic amines) is 1. The molecule has 2 N–H and O–H groups in total. The quantitative estimate of drug-likeness (QED) is 0.775. The zero-order chi connectivity index (χ0) is 13.7. The molecule has 0 atom stereocenters. The molecule has 2 aliphatic heterocycles. The molecule has 2 rings (SSSR count). The van der Waals surface area contributed by atoms with Crippen molar-refractivity contribution in [2.75, 3.05) is 32.7 Å². The van der Waals surface area contributed by atoms with Crippen LogP contribution in [0.3, 0.4) is 0 Å². The molecule has 0 bridgehead atoms. The third kappa shape index (κ3) is 4.41. The molecule has 0 spiro atoms. The number of rotatable bonds is 5. The van der Waals surface area contributed by atoms with Gasteiger partial charge in [-0.1, -0.05) is 6.92 Å². The van der Waals surface area contributed by atoms with E-state index in [2.05, 4.69) is 21.9 Å². The summed E-state index contributed by atoms with van der Waals surface area (Å²) in [7, 11) is -3.12. The average Bonchev–Trinajstić information content (AvgIpc) is 2.42. The Balaban J connectivity index is 1.80. The Morgan fingerprint density at radius 1 is 1.16 bits per heavy atom. The molecular formula is C13H27N3O2S. The molecule has 0 aliphatic carbocycles. The summed E-state index contributed by atoms with van der Waals surface area (Å²) in [4.78, 5) is 2.43. The number of nitrogens with zero attached hydrogens (tertiary/aromatic N) is 1. The number of hydrogen-bond acceptors (Lipinski definition) is 4. The molecule has 2 saturated heterocycles. The molecule has 2 aliphatic rings. The highest BCUT2D eigenvalue weighted by Gasteiger charge is 2.30. The zero-order valence-electron chi connectivity index (χ0n) is 11.9. The first-order valence-electron chi connectivity index (χ1n) is 7.56. The maximum absolute atomic E-state index is 12.3. The minimum absolute atomic E-state index is 0.146. The summed E-state index contributed by atoms with van der Waals surface area (Å²) in [6, 6.07) is 0.146. The highest BCUT2D eigenvalue weighted by Crippen LogP contribution is 2.16. The minimum Gasteiger partial charge on any atom is -0.317 e. The molecule has 112 valence electrons. The normalized spacial score (nSPS) is 24.7. The standard InChI is InChI=1S/C13H27N3O2S/c1-2-9-16-10-5-12(6-11-16)15-19(17,18)13-3-7-14-8-4-13/h12-15H,2-11H2,1H3. The summed E-state index contributed by atoms with van der Waals surface area (Å²) in [5.41, 5.74) is 0. The van der Waals surface area contributed by atoms with Crippen molar-refractivity contribution in [3.05, 3.63) is 0 Å². The maximum atomic E-state index is 12.3. The lowest BCUT2D eigenvalue weighted by atomic mass is 10.1. The lowest BCUT2D eigenvalue weighted by Crippen LogP contribution is -2.49. The predicted molar refractivity (Wildman–Crippen MR) is 77.7 cm³/mol. The van der Waals surface area contributed by atoms with Gasteiger partial charge in [-0.2, -0.15) is 0 Å². The molecule has 0 aromatic rings. The van der Waals surface area contributed by atoms with Crippen LogP contribution in [-0.4, -0.2) is 57.3 Å². The van der Waals surface area contributed by atoms with Gasteiger partial charge < -0.3 is 10.2 Å². The Labute approximate surface area is 117 Å². The number of nitrogens with one attached hydrogen (secondary N) is 2. The Hall–Kier alpha value is -0.170. The SMILES string of the molecule is CCCN1CCC(NS(=O)(=O)C2CCNCC2)CC1. The van der Waals surface area contributed by atoms with Gasteiger partial charge in [0.25, 0.3) is 0 Å². The first-order chi connectivity index (χ1) is 9.12. The molecule has 19 heavy (non-hydrogen) atoms. The van der Waals surface area contributed by atoms with Crippen molar-refractivity contribution in [3.8, 4) is 0 Å². The van der Waals surface area contributed by atoms with Gasteiger partial charge in [0.05, 0.1) is 5.25 Å². The lowest BCUT2D eigenvalue weighted by molar-refractivity contribution is 0.207. The molecule has 0 saturated carbocycles. The smallest absolute Gasteiger partial charge is 0.214 e. The van der Waals surface area contributed by atoms with Crippen LogP contribution in [0.15, 0.2) is 0 Å². The Morgan fingerprint density at radius 2 is 1.79 bits per heavy atom. The molecule has 0 aromatic heterocycles. The highest BCUT2D eigenvalue weighted by molar-refractivity contribution is 7.90. The van der Waals surface area contributed by atoms with E-state index in [1.807, 2.05) is 0 Å². The van der Waals surface area contributed by atoms with Gasteiger partial charge in [-0.3, -0.25) is 0 Å². The summed E-state index contributed by atoms with van der Waals surface area (Å²) in [6.45, 7) is 7.00. The Bertz CT molecular complexity index is 358. The lowest BCUT2D eigenvalue weighted by Gasteiger charge is -2.33. The third-order valence-corrected chi connectivity index (χ3v) is 6.19. The van der Waals surface area contributed by atoms with Gasteiger partial charge in [-0.25, -0.2) is 13.1 Å². The van der Waals surface area contributed by atoms with Crippen LogP contribution < -0.4 is 10.0 Å². The van der Waals surface area contributed by atoms with E-state index in [1.165, 1.54) is 6.42 Å². The molecular weight excluding hydrogens is 262 g/mol. The van der Waals surface area contributed by atoms with Crippen LogP contribution in [0.25, 0.3) is 0 Å². The van der Waals surface area contributed by atoms with Crippen molar-refractivity contribution in [1.82, 2.24) is 14.9 Å². The molecule has 0 radical (unpaired) electrons. The molecule has 5 nitrogen and oxygen atoms in total. The van der Waals surface area contributed by atoms with Gasteiger partial charge in [0, 0.05) is 6.04 Å². The molecule has 2 heterocycles. The summed E-state index contributed by atoms with van der Waals surface area (Å²) in [5.74, 6) is 0. The van der Waals surface area contributed by atoms with Crippen LogP contribution >= 0.6 is 0 Å². The van der Waals surface area contributed by atoms with Crippen LogP contribution in [0.2, 0.25) is 0 Å². The van der Waals surface area contributed by atoms with E-state index >= 15 is 0 Å². The van der Waals surface area contributed by atoms with Crippen molar-refractivity contribution < 1.29 is 8.42 Å². The van der Waals surface area contributed by atoms with E-state index in [0.29, 0.717) is 0 Å². The monoisotopic (exact) mass is 289 g/mol. The van der Waals surface area contributed by atoms with Crippen molar-refractivity contribution in [3.63, 3.8) is 0 Å². The first-order valence-corrected chi connectivity index (χ1v) is 9.10. The van der Waals surface area contributed by atoms with E-state index < -0.39 is 10.0 Å². The molecule has 6 heteroatoms. The van der Waals surface area contributed by atoms with Gasteiger partial charge in [0.1, 0.15) is 0 Å². The summed E-state index contributed by atoms with van der Waals surface area (Å²) in [5, 5.41) is 3.02. The Kier molecular flexibility index (Phi) is 5.62. The van der Waals surface area contributed by atoms with Crippen molar-refractivity contribution in [2.24, 2.45) is 0 Å². The second kappa shape index (κ2) is 7.02. The first kappa shape index (κ1) is 15.2. The van der Waals surface area contributed by atoms with Crippen LogP contribution in [0, 0.1) is 0 Å². The largest absolute Gasteiger partial charge is 0.317 e. The average molecular weight is 289 g/mol. The van der Waals surface area contributed by atoms with Crippen LogP contribution in [0.5, 0.6) is 0 Å². The Morgan fingerprint density at radius 3 is 2.37 bits per heavy atom. The van der Waals surface area contributed by atoms with E-state index in [-0.39, 0.29) is 11.3 Å². The van der Waals surface area contributed by atoms with Crippen LogP contribution in [-0.2, 0) is 10.0 Å². The third-order valence-electron chi connectivity index (χ3n) is 4.18. The fraction of sp³-hybridized carbons (Fsp3) is 1.00. The van der Waals surface area contributed by atoms with E-state index in [9.17, 15) is 8.42 Å². The number of sulfonamides is 1. The maximum Gasteiger partial charge on any atom is 0.214 e.